The molecule has 1 aliphatic rings. The summed E-state index contributed by atoms with van der Waals surface area (Å²) in [6, 6.07) is 0. The summed E-state index contributed by atoms with van der Waals surface area (Å²) in [5, 5.41) is 3.31. The van der Waals surface area contributed by atoms with E-state index in [0.29, 0.717) is 12.5 Å². The van der Waals surface area contributed by atoms with Crippen molar-refractivity contribution in [1.82, 2.24) is 5.32 Å². The van der Waals surface area contributed by atoms with Crippen LogP contribution in [0, 0.1) is 11.3 Å². The van der Waals surface area contributed by atoms with E-state index in [1.165, 1.54) is 13.5 Å². The lowest BCUT2D eigenvalue weighted by atomic mass is 9.93. The molecule has 4 heteroatoms. The van der Waals surface area contributed by atoms with E-state index in [2.05, 4.69) is 5.32 Å². The van der Waals surface area contributed by atoms with Gasteiger partial charge >= 0.3 is 5.97 Å². The van der Waals surface area contributed by atoms with Gasteiger partial charge in [0.15, 0.2) is 0 Å². The molecule has 1 fully saturated rings. The van der Waals surface area contributed by atoms with E-state index >= 15 is 0 Å². The second kappa shape index (κ2) is 6.21. The van der Waals surface area contributed by atoms with Crippen molar-refractivity contribution >= 4 is 5.97 Å². The third-order valence-corrected chi connectivity index (χ3v) is 3.06. The highest BCUT2D eigenvalue weighted by atomic mass is 16.5. The fraction of sp³-hybridized carbons (Fsp3) is 0.917. The molecule has 4 nitrogen and oxygen atoms in total. The summed E-state index contributed by atoms with van der Waals surface area (Å²) in [6.45, 7) is 7.18. The molecule has 1 unspecified atom stereocenters. The van der Waals surface area contributed by atoms with E-state index in [1.54, 1.807) is 0 Å². The minimum atomic E-state index is -0.444. The molecule has 0 aromatic heterocycles. The number of carbonyl (C=O) groups is 1. The van der Waals surface area contributed by atoms with Crippen molar-refractivity contribution in [2.75, 3.05) is 33.4 Å². The highest BCUT2D eigenvalue weighted by Crippen LogP contribution is 2.17. The fourth-order valence-electron chi connectivity index (χ4n) is 1.87. The third kappa shape index (κ3) is 4.10. The predicted molar refractivity (Wildman–Crippen MR) is 62.2 cm³/mol. The molecule has 0 bridgehead atoms. The lowest BCUT2D eigenvalue weighted by Gasteiger charge is -2.22. The molecule has 94 valence electrons. The standard InChI is InChI=1S/C12H23NO3/c1-12(2,11(14)15-3)9-13-6-4-10-5-7-16-8-10/h10,13H,4-9H2,1-3H3. The minimum absolute atomic E-state index is 0.163. The Labute approximate surface area is 97.7 Å². The van der Waals surface area contributed by atoms with E-state index < -0.39 is 5.41 Å². The van der Waals surface area contributed by atoms with Gasteiger partial charge in [0.25, 0.3) is 0 Å². The number of nitrogens with one attached hydrogen (secondary N) is 1. The first-order valence-electron chi connectivity index (χ1n) is 5.93. The second-order valence-electron chi connectivity index (χ2n) is 5.07. The van der Waals surface area contributed by atoms with Crippen LogP contribution >= 0.6 is 0 Å². The van der Waals surface area contributed by atoms with Crippen LogP contribution in [-0.4, -0.2) is 39.4 Å². The molecule has 1 saturated heterocycles. The van der Waals surface area contributed by atoms with Crippen molar-refractivity contribution in [3.63, 3.8) is 0 Å². The molecule has 16 heavy (non-hydrogen) atoms. The zero-order chi connectivity index (χ0) is 12.0. The SMILES string of the molecule is COC(=O)C(C)(C)CNCCC1CCOC1. The van der Waals surface area contributed by atoms with Crippen LogP contribution in [-0.2, 0) is 14.3 Å². The summed E-state index contributed by atoms with van der Waals surface area (Å²) in [7, 11) is 1.43. The van der Waals surface area contributed by atoms with Gasteiger partial charge in [0.05, 0.1) is 12.5 Å². The summed E-state index contributed by atoms with van der Waals surface area (Å²) < 4.78 is 10.1. The van der Waals surface area contributed by atoms with Crippen LogP contribution in [0.3, 0.4) is 0 Å². The van der Waals surface area contributed by atoms with Gasteiger partial charge in [-0.15, -0.1) is 0 Å². The fourth-order valence-corrected chi connectivity index (χ4v) is 1.87. The van der Waals surface area contributed by atoms with Crippen LogP contribution in [0.25, 0.3) is 0 Å². The van der Waals surface area contributed by atoms with Crippen LogP contribution in [0.2, 0.25) is 0 Å². The Kier molecular flexibility index (Phi) is 5.22. The molecule has 1 heterocycles. The number of hydrogen-bond acceptors (Lipinski definition) is 4. The molecule has 1 atom stereocenters. The summed E-state index contributed by atoms with van der Waals surface area (Å²) in [4.78, 5) is 11.4. The molecular weight excluding hydrogens is 206 g/mol. The minimum Gasteiger partial charge on any atom is -0.469 e. The zero-order valence-electron chi connectivity index (χ0n) is 10.5. The predicted octanol–water partition coefficient (Wildman–Crippen LogP) is 1.20. The van der Waals surface area contributed by atoms with Gasteiger partial charge in [-0.2, -0.15) is 0 Å². The lowest BCUT2D eigenvalue weighted by Crippen LogP contribution is -2.37. The van der Waals surface area contributed by atoms with E-state index in [0.717, 1.165) is 26.2 Å². The normalized spacial score (nSPS) is 21.1. The van der Waals surface area contributed by atoms with Crippen molar-refractivity contribution in [3.05, 3.63) is 0 Å². The van der Waals surface area contributed by atoms with Gasteiger partial charge in [-0.1, -0.05) is 0 Å². The summed E-state index contributed by atoms with van der Waals surface area (Å²) in [5.41, 5.74) is -0.444. The number of esters is 1. The molecule has 1 rings (SSSR count). The summed E-state index contributed by atoms with van der Waals surface area (Å²) >= 11 is 0. The van der Waals surface area contributed by atoms with Gasteiger partial charge in [0, 0.05) is 19.8 Å². The zero-order valence-corrected chi connectivity index (χ0v) is 10.5. The molecule has 0 aromatic carbocycles. The Morgan fingerprint density at radius 1 is 1.56 bits per heavy atom. The van der Waals surface area contributed by atoms with E-state index in [1.807, 2.05) is 13.8 Å². The smallest absolute Gasteiger partial charge is 0.312 e. The molecule has 0 radical (unpaired) electrons. The van der Waals surface area contributed by atoms with Crippen molar-refractivity contribution < 1.29 is 14.3 Å². The molecule has 0 saturated carbocycles. The molecule has 0 amide bonds. The van der Waals surface area contributed by atoms with Crippen molar-refractivity contribution in [2.45, 2.75) is 26.7 Å². The number of rotatable bonds is 6. The van der Waals surface area contributed by atoms with Gasteiger partial charge in [-0.3, -0.25) is 4.79 Å². The van der Waals surface area contributed by atoms with Gasteiger partial charge in [-0.05, 0) is 39.2 Å². The second-order valence-corrected chi connectivity index (χ2v) is 5.07. The van der Waals surface area contributed by atoms with E-state index in [4.69, 9.17) is 9.47 Å². The Morgan fingerprint density at radius 2 is 2.31 bits per heavy atom. The number of methoxy groups -OCH3 is 1. The van der Waals surface area contributed by atoms with Crippen LogP contribution in [0.15, 0.2) is 0 Å². The number of carbonyl (C=O) groups excluding carboxylic acids is 1. The molecular formula is C12H23NO3. The van der Waals surface area contributed by atoms with Crippen LogP contribution < -0.4 is 5.32 Å². The maximum atomic E-state index is 11.4. The van der Waals surface area contributed by atoms with Gasteiger partial charge in [0.1, 0.15) is 0 Å². The first-order valence-corrected chi connectivity index (χ1v) is 5.93. The first kappa shape index (κ1) is 13.5. The third-order valence-electron chi connectivity index (χ3n) is 3.06. The highest BCUT2D eigenvalue weighted by Gasteiger charge is 2.28. The average Bonchev–Trinajstić information content (AvgIpc) is 2.76. The largest absolute Gasteiger partial charge is 0.469 e. The Bertz CT molecular complexity index is 222. The Morgan fingerprint density at radius 3 is 2.88 bits per heavy atom. The average molecular weight is 229 g/mol. The van der Waals surface area contributed by atoms with Crippen LogP contribution in [0.4, 0.5) is 0 Å². The van der Waals surface area contributed by atoms with Crippen LogP contribution in [0.1, 0.15) is 26.7 Å². The van der Waals surface area contributed by atoms with E-state index in [-0.39, 0.29) is 5.97 Å². The van der Waals surface area contributed by atoms with Gasteiger partial charge < -0.3 is 14.8 Å². The quantitative estimate of drug-likeness (QED) is 0.549. The topological polar surface area (TPSA) is 47.6 Å². The molecule has 0 aliphatic carbocycles. The molecule has 1 N–H and O–H groups in total. The molecule has 0 aromatic rings. The van der Waals surface area contributed by atoms with Crippen molar-refractivity contribution in [2.24, 2.45) is 11.3 Å². The maximum Gasteiger partial charge on any atom is 0.312 e. The van der Waals surface area contributed by atoms with Crippen LogP contribution in [0.5, 0.6) is 0 Å². The first-order chi connectivity index (χ1) is 7.56. The Balaban J connectivity index is 2.11. The monoisotopic (exact) mass is 229 g/mol. The highest BCUT2D eigenvalue weighted by molar-refractivity contribution is 5.76. The number of hydrogen-bond donors (Lipinski definition) is 1. The Hall–Kier alpha value is -0.610. The van der Waals surface area contributed by atoms with E-state index in [9.17, 15) is 4.79 Å². The number of ether oxygens (including phenoxy) is 2. The van der Waals surface area contributed by atoms with Crippen molar-refractivity contribution in [3.8, 4) is 0 Å². The lowest BCUT2D eigenvalue weighted by molar-refractivity contribution is -0.150. The van der Waals surface area contributed by atoms with Crippen molar-refractivity contribution in [1.29, 1.82) is 0 Å². The van der Waals surface area contributed by atoms with Gasteiger partial charge in [0.2, 0.25) is 0 Å². The molecule has 0 spiro atoms. The maximum absolute atomic E-state index is 11.4. The van der Waals surface area contributed by atoms with Gasteiger partial charge in [-0.25, -0.2) is 0 Å². The molecule has 1 aliphatic heterocycles. The summed E-state index contributed by atoms with van der Waals surface area (Å²) in [5.74, 6) is 0.526. The summed E-state index contributed by atoms with van der Waals surface area (Å²) in [6.07, 6.45) is 2.29.